The van der Waals surface area contributed by atoms with Crippen molar-refractivity contribution in [1.82, 2.24) is 0 Å². The van der Waals surface area contributed by atoms with E-state index in [-0.39, 0.29) is 0 Å². The Hall–Kier alpha value is -0.120. The number of allylic oxidation sites excluding steroid dienone is 4. The standard InChI is InChI=1S/C10H13IO/c1-7-8(2)10(12)6-9(7)4-3-5-11/h4H,3,5-6H2,1-2H3/b9-4-. The second-order valence-corrected chi connectivity index (χ2v) is 4.14. The summed E-state index contributed by atoms with van der Waals surface area (Å²) < 4.78 is 1.13. The molecule has 66 valence electrons. The maximum atomic E-state index is 11.3. The summed E-state index contributed by atoms with van der Waals surface area (Å²) in [6.07, 6.45) is 3.90. The largest absolute Gasteiger partial charge is 0.294 e. The highest BCUT2D eigenvalue weighted by Crippen LogP contribution is 2.28. The van der Waals surface area contributed by atoms with Crippen molar-refractivity contribution in [2.24, 2.45) is 0 Å². The average Bonchev–Trinajstić information content (AvgIpc) is 2.30. The van der Waals surface area contributed by atoms with Gasteiger partial charge in [0.1, 0.15) is 0 Å². The summed E-state index contributed by atoms with van der Waals surface area (Å²) in [6.45, 7) is 3.96. The maximum absolute atomic E-state index is 11.3. The van der Waals surface area contributed by atoms with E-state index < -0.39 is 0 Å². The van der Waals surface area contributed by atoms with Crippen LogP contribution < -0.4 is 0 Å². The van der Waals surface area contributed by atoms with Crippen molar-refractivity contribution in [2.75, 3.05) is 4.43 Å². The number of hydrogen-bond donors (Lipinski definition) is 0. The number of carbonyl (C=O) groups excluding carboxylic acids is 1. The number of ketones is 1. The molecule has 1 nitrogen and oxygen atoms in total. The van der Waals surface area contributed by atoms with Crippen LogP contribution in [-0.4, -0.2) is 10.2 Å². The van der Waals surface area contributed by atoms with Gasteiger partial charge >= 0.3 is 0 Å². The third-order valence-corrected chi connectivity index (χ3v) is 2.94. The van der Waals surface area contributed by atoms with Gasteiger partial charge in [0.05, 0.1) is 0 Å². The minimum Gasteiger partial charge on any atom is -0.294 e. The fourth-order valence-corrected chi connectivity index (χ4v) is 1.65. The molecule has 1 rings (SSSR count). The summed E-state index contributed by atoms with van der Waals surface area (Å²) in [5, 5.41) is 0. The molecule has 0 amide bonds. The second-order valence-electron chi connectivity index (χ2n) is 3.06. The number of alkyl halides is 1. The van der Waals surface area contributed by atoms with Crippen LogP contribution in [0.15, 0.2) is 22.8 Å². The second kappa shape index (κ2) is 4.21. The van der Waals surface area contributed by atoms with E-state index in [0.29, 0.717) is 12.2 Å². The molecule has 0 aromatic rings. The molecule has 0 radical (unpaired) electrons. The van der Waals surface area contributed by atoms with E-state index >= 15 is 0 Å². The summed E-state index contributed by atoms with van der Waals surface area (Å²) >= 11 is 2.35. The zero-order chi connectivity index (χ0) is 9.14. The molecule has 2 heteroatoms. The summed E-state index contributed by atoms with van der Waals surface area (Å²) in [7, 11) is 0. The van der Waals surface area contributed by atoms with E-state index in [2.05, 4.69) is 28.7 Å². The highest BCUT2D eigenvalue weighted by molar-refractivity contribution is 14.1. The predicted octanol–water partition coefficient (Wildman–Crippen LogP) is 3.05. The van der Waals surface area contributed by atoms with Gasteiger partial charge in [0.25, 0.3) is 0 Å². The van der Waals surface area contributed by atoms with Crippen molar-refractivity contribution < 1.29 is 4.79 Å². The van der Waals surface area contributed by atoms with Gasteiger partial charge in [0.15, 0.2) is 5.78 Å². The molecule has 0 saturated carbocycles. The lowest BCUT2D eigenvalue weighted by Gasteiger charge is -1.96. The third-order valence-electron chi connectivity index (χ3n) is 2.31. The van der Waals surface area contributed by atoms with Gasteiger partial charge < -0.3 is 0 Å². The van der Waals surface area contributed by atoms with Crippen LogP contribution in [0.2, 0.25) is 0 Å². The molecule has 0 bridgehead atoms. The Bertz CT molecular complexity index is 261. The predicted molar refractivity (Wildman–Crippen MR) is 59.6 cm³/mol. The first kappa shape index (κ1) is 9.96. The third kappa shape index (κ3) is 1.97. The van der Waals surface area contributed by atoms with Gasteiger partial charge in [0, 0.05) is 10.8 Å². The van der Waals surface area contributed by atoms with Gasteiger partial charge in [-0.1, -0.05) is 28.7 Å². The molecule has 0 N–H and O–H groups in total. The van der Waals surface area contributed by atoms with Crippen molar-refractivity contribution >= 4 is 28.4 Å². The van der Waals surface area contributed by atoms with Crippen LogP contribution in [0.25, 0.3) is 0 Å². The Morgan fingerprint density at radius 3 is 2.50 bits per heavy atom. The SMILES string of the molecule is CC1=C(C)/C(=C\CCI)CC1=O. The van der Waals surface area contributed by atoms with Crippen LogP contribution in [0.1, 0.15) is 26.7 Å². The highest BCUT2D eigenvalue weighted by atomic mass is 127. The van der Waals surface area contributed by atoms with Crippen LogP contribution >= 0.6 is 22.6 Å². The lowest BCUT2D eigenvalue weighted by molar-refractivity contribution is -0.114. The van der Waals surface area contributed by atoms with Crippen molar-refractivity contribution in [2.45, 2.75) is 26.7 Å². The van der Waals surface area contributed by atoms with E-state index in [0.717, 1.165) is 16.4 Å². The Labute approximate surface area is 87.1 Å². The van der Waals surface area contributed by atoms with Crippen LogP contribution in [-0.2, 0) is 4.79 Å². The molecule has 0 fully saturated rings. The Balaban J connectivity index is 2.80. The summed E-state index contributed by atoms with van der Waals surface area (Å²) in [5.74, 6) is 0.298. The number of hydrogen-bond acceptors (Lipinski definition) is 1. The molecule has 0 aromatic carbocycles. The quantitative estimate of drug-likeness (QED) is 0.559. The molecular weight excluding hydrogens is 263 g/mol. The number of halogens is 1. The molecule has 0 unspecified atom stereocenters. The smallest absolute Gasteiger partial charge is 0.163 e. The van der Waals surface area contributed by atoms with E-state index in [9.17, 15) is 4.79 Å². The zero-order valence-corrected chi connectivity index (χ0v) is 9.64. The molecule has 1 aliphatic rings. The molecule has 12 heavy (non-hydrogen) atoms. The van der Waals surface area contributed by atoms with E-state index in [1.165, 1.54) is 11.1 Å². The lowest BCUT2D eigenvalue weighted by Crippen LogP contribution is -1.90. The van der Waals surface area contributed by atoms with Gasteiger partial charge in [-0.2, -0.15) is 0 Å². The van der Waals surface area contributed by atoms with E-state index in [4.69, 9.17) is 0 Å². The number of Topliss-reactive ketones (excluding diaryl/α,β-unsaturated/α-hetero) is 1. The van der Waals surface area contributed by atoms with E-state index in [1.807, 2.05) is 13.8 Å². The van der Waals surface area contributed by atoms with Crippen molar-refractivity contribution in [1.29, 1.82) is 0 Å². The Morgan fingerprint density at radius 2 is 2.08 bits per heavy atom. The minimum atomic E-state index is 0.298. The lowest BCUT2D eigenvalue weighted by atomic mass is 10.1. The van der Waals surface area contributed by atoms with Gasteiger partial charge in [-0.05, 0) is 37.0 Å². The van der Waals surface area contributed by atoms with Crippen molar-refractivity contribution in [3.05, 3.63) is 22.8 Å². The maximum Gasteiger partial charge on any atom is 0.163 e. The summed E-state index contributed by atoms with van der Waals surface area (Å²) in [6, 6.07) is 0. The summed E-state index contributed by atoms with van der Waals surface area (Å²) in [4.78, 5) is 11.3. The van der Waals surface area contributed by atoms with Crippen LogP contribution in [0.4, 0.5) is 0 Å². The fourth-order valence-electron chi connectivity index (χ4n) is 1.34. The normalized spacial score (nSPS) is 21.2. The first-order valence-electron chi connectivity index (χ1n) is 4.13. The monoisotopic (exact) mass is 276 g/mol. The Kier molecular flexibility index (Phi) is 3.50. The van der Waals surface area contributed by atoms with Gasteiger partial charge in [-0.3, -0.25) is 4.79 Å². The molecule has 1 aliphatic carbocycles. The molecule has 0 aromatic heterocycles. The number of rotatable bonds is 2. The average molecular weight is 276 g/mol. The van der Waals surface area contributed by atoms with Crippen LogP contribution in [0, 0.1) is 0 Å². The topological polar surface area (TPSA) is 17.1 Å². The van der Waals surface area contributed by atoms with Gasteiger partial charge in [-0.15, -0.1) is 0 Å². The first-order valence-corrected chi connectivity index (χ1v) is 5.65. The Morgan fingerprint density at radius 1 is 1.42 bits per heavy atom. The molecule has 0 atom stereocenters. The summed E-state index contributed by atoms with van der Waals surface area (Å²) in [5.41, 5.74) is 3.40. The minimum absolute atomic E-state index is 0.298. The molecule has 0 saturated heterocycles. The van der Waals surface area contributed by atoms with Crippen LogP contribution in [0.3, 0.4) is 0 Å². The highest BCUT2D eigenvalue weighted by Gasteiger charge is 2.20. The van der Waals surface area contributed by atoms with E-state index in [1.54, 1.807) is 0 Å². The fraction of sp³-hybridized carbons (Fsp3) is 0.500. The molecule has 0 aliphatic heterocycles. The van der Waals surface area contributed by atoms with Crippen molar-refractivity contribution in [3.8, 4) is 0 Å². The van der Waals surface area contributed by atoms with Crippen molar-refractivity contribution in [3.63, 3.8) is 0 Å². The zero-order valence-electron chi connectivity index (χ0n) is 7.48. The van der Waals surface area contributed by atoms with Crippen LogP contribution in [0.5, 0.6) is 0 Å². The molecule has 0 spiro atoms. The molecule has 0 heterocycles. The number of carbonyl (C=O) groups is 1. The van der Waals surface area contributed by atoms with Gasteiger partial charge in [-0.25, -0.2) is 0 Å². The van der Waals surface area contributed by atoms with Gasteiger partial charge in [0.2, 0.25) is 0 Å². The molecular formula is C10H13IO. The first-order chi connectivity index (χ1) is 5.66.